The summed E-state index contributed by atoms with van der Waals surface area (Å²) in [5.41, 5.74) is 4.07. The fourth-order valence-electron chi connectivity index (χ4n) is 4.11. The van der Waals surface area contributed by atoms with Crippen LogP contribution in [0.1, 0.15) is 81.2 Å². The molecule has 1 saturated carbocycles. The molecule has 0 radical (unpaired) electrons. The molecule has 3 heteroatoms. The average Bonchev–Trinajstić information content (AvgIpc) is 3.00. The molecule has 0 atom stereocenters. The van der Waals surface area contributed by atoms with Gasteiger partial charge in [0.1, 0.15) is 0 Å². The van der Waals surface area contributed by atoms with Crippen molar-refractivity contribution in [3.8, 4) is 0 Å². The van der Waals surface area contributed by atoms with Crippen molar-refractivity contribution in [1.82, 2.24) is 9.88 Å². The van der Waals surface area contributed by atoms with Crippen LogP contribution in [0.3, 0.4) is 0 Å². The molecule has 1 heterocycles. The van der Waals surface area contributed by atoms with Crippen LogP contribution in [-0.4, -0.2) is 11.1 Å². The maximum atomic E-state index is 13.0. The number of hydrogen-bond acceptors (Lipinski definition) is 2. The molecule has 0 saturated heterocycles. The van der Waals surface area contributed by atoms with E-state index < -0.39 is 0 Å². The Balaban J connectivity index is 1.86. The average molecular weight is 302 g/mol. The minimum absolute atomic E-state index is 0.288. The predicted octanol–water partition coefficient (Wildman–Crippen LogP) is 3.73. The van der Waals surface area contributed by atoms with Gasteiger partial charge in [-0.1, -0.05) is 32.6 Å². The highest BCUT2D eigenvalue weighted by Crippen LogP contribution is 2.31. The molecule has 0 aromatic carbocycles. The van der Waals surface area contributed by atoms with E-state index in [1.807, 2.05) is 0 Å². The van der Waals surface area contributed by atoms with Crippen molar-refractivity contribution in [3.05, 3.63) is 33.2 Å². The third-order valence-corrected chi connectivity index (χ3v) is 5.33. The number of unbranched alkanes of at least 4 members (excludes halogenated alkanes) is 1. The summed E-state index contributed by atoms with van der Waals surface area (Å²) in [6.07, 6.45) is 12.1. The maximum absolute atomic E-state index is 13.0. The largest absolute Gasteiger partial charge is 0.312 e. The van der Waals surface area contributed by atoms with Crippen molar-refractivity contribution in [2.45, 2.75) is 83.7 Å². The molecule has 0 bridgehead atoms. The molecule has 3 nitrogen and oxygen atoms in total. The molecular formula is C19H30N2O. The third kappa shape index (κ3) is 3.29. The van der Waals surface area contributed by atoms with Gasteiger partial charge in [-0.25, -0.2) is 0 Å². The number of pyridine rings is 1. The standard InChI is InChI=1S/C19H30N2O/c1-2-3-12-20-14-16-13-15-8-7-11-18(15)21(19(16)22)17-9-5-4-6-10-17/h13,17,20H,2-12,14H2,1H3. The number of nitrogens with zero attached hydrogens (tertiary/aromatic N) is 1. The number of fused-ring (bicyclic) bond motifs is 1. The van der Waals surface area contributed by atoms with Crippen molar-refractivity contribution >= 4 is 0 Å². The minimum atomic E-state index is 0.288. The Hall–Kier alpha value is -1.09. The predicted molar refractivity (Wildman–Crippen MR) is 91.5 cm³/mol. The molecule has 1 N–H and O–H groups in total. The quantitative estimate of drug-likeness (QED) is 0.812. The smallest absolute Gasteiger partial charge is 0.255 e. The zero-order chi connectivity index (χ0) is 15.4. The van der Waals surface area contributed by atoms with E-state index >= 15 is 0 Å². The van der Waals surface area contributed by atoms with Gasteiger partial charge in [0.25, 0.3) is 5.56 Å². The number of aromatic nitrogens is 1. The van der Waals surface area contributed by atoms with Crippen LogP contribution in [0, 0.1) is 0 Å². The summed E-state index contributed by atoms with van der Waals surface area (Å²) in [6, 6.07) is 2.66. The summed E-state index contributed by atoms with van der Waals surface area (Å²) in [4.78, 5) is 13.0. The minimum Gasteiger partial charge on any atom is -0.312 e. The fourth-order valence-corrected chi connectivity index (χ4v) is 4.11. The Morgan fingerprint density at radius 1 is 1.18 bits per heavy atom. The van der Waals surface area contributed by atoms with E-state index in [4.69, 9.17) is 0 Å². The van der Waals surface area contributed by atoms with E-state index in [9.17, 15) is 4.79 Å². The first-order valence-electron chi connectivity index (χ1n) is 9.28. The van der Waals surface area contributed by atoms with Crippen molar-refractivity contribution in [3.63, 3.8) is 0 Å². The Kier molecular flexibility index (Phi) is 5.35. The highest BCUT2D eigenvalue weighted by molar-refractivity contribution is 5.31. The molecule has 122 valence electrons. The van der Waals surface area contributed by atoms with Crippen molar-refractivity contribution < 1.29 is 0 Å². The second kappa shape index (κ2) is 7.45. The maximum Gasteiger partial charge on any atom is 0.255 e. The summed E-state index contributed by atoms with van der Waals surface area (Å²) < 4.78 is 2.21. The SMILES string of the molecule is CCCCNCc1cc2c(n(C3CCCCC3)c1=O)CCC2. The van der Waals surface area contributed by atoms with Crippen LogP contribution < -0.4 is 10.9 Å². The van der Waals surface area contributed by atoms with Crippen molar-refractivity contribution in [2.24, 2.45) is 0 Å². The summed E-state index contributed by atoms with van der Waals surface area (Å²) in [6.45, 7) is 3.95. The fraction of sp³-hybridized carbons (Fsp3) is 0.737. The van der Waals surface area contributed by atoms with Crippen molar-refractivity contribution in [1.29, 1.82) is 0 Å². The first-order chi connectivity index (χ1) is 10.8. The van der Waals surface area contributed by atoms with Gasteiger partial charge < -0.3 is 9.88 Å². The van der Waals surface area contributed by atoms with Crippen LogP contribution in [0.4, 0.5) is 0 Å². The third-order valence-electron chi connectivity index (χ3n) is 5.33. The normalized spacial score (nSPS) is 18.6. The van der Waals surface area contributed by atoms with Gasteiger partial charge in [0.2, 0.25) is 0 Å². The molecular weight excluding hydrogens is 272 g/mol. The summed E-state index contributed by atoms with van der Waals surface area (Å²) in [5.74, 6) is 0. The van der Waals surface area contributed by atoms with Gasteiger partial charge in [-0.15, -0.1) is 0 Å². The van der Waals surface area contributed by atoms with Gasteiger partial charge in [-0.3, -0.25) is 4.79 Å². The summed E-state index contributed by atoms with van der Waals surface area (Å²) >= 11 is 0. The Morgan fingerprint density at radius 3 is 2.77 bits per heavy atom. The van der Waals surface area contributed by atoms with Gasteiger partial charge in [-0.2, -0.15) is 0 Å². The second-order valence-electron chi connectivity index (χ2n) is 6.99. The lowest BCUT2D eigenvalue weighted by Gasteiger charge is -2.27. The zero-order valence-corrected chi connectivity index (χ0v) is 14.0. The molecule has 0 spiro atoms. The molecule has 2 aliphatic carbocycles. The summed E-state index contributed by atoms with van der Waals surface area (Å²) in [5, 5.41) is 3.45. The topological polar surface area (TPSA) is 34.0 Å². The lowest BCUT2D eigenvalue weighted by molar-refractivity contribution is 0.338. The molecule has 1 fully saturated rings. The first-order valence-corrected chi connectivity index (χ1v) is 9.28. The van der Waals surface area contributed by atoms with Gasteiger partial charge in [-0.05, 0) is 56.7 Å². The molecule has 3 rings (SSSR count). The molecule has 2 aliphatic rings. The molecule has 1 aromatic rings. The monoisotopic (exact) mass is 302 g/mol. The molecule has 1 aromatic heterocycles. The molecule has 0 amide bonds. The van der Waals surface area contributed by atoms with Crippen LogP contribution >= 0.6 is 0 Å². The van der Waals surface area contributed by atoms with E-state index in [-0.39, 0.29) is 5.56 Å². The van der Waals surface area contributed by atoms with Crippen LogP contribution in [0.15, 0.2) is 10.9 Å². The Labute approximate surface area is 134 Å². The molecule has 0 aliphatic heterocycles. The highest BCUT2D eigenvalue weighted by Gasteiger charge is 2.24. The van der Waals surface area contributed by atoms with Gasteiger partial charge in [0, 0.05) is 23.8 Å². The Morgan fingerprint density at radius 2 is 2.00 bits per heavy atom. The van der Waals surface area contributed by atoms with E-state index in [0.717, 1.165) is 31.5 Å². The lowest BCUT2D eigenvalue weighted by Crippen LogP contribution is -2.33. The van der Waals surface area contributed by atoms with E-state index in [1.165, 1.54) is 62.6 Å². The van der Waals surface area contributed by atoms with Crippen LogP contribution in [0.5, 0.6) is 0 Å². The van der Waals surface area contributed by atoms with Gasteiger partial charge in [0.15, 0.2) is 0 Å². The van der Waals surface area contributed by atoms with Crippen molar-refractivity contribution in [2.75, 3.05) is 6.54 Å². The van der Waals surface area contributed by atoms with E-state index in [1.54, 1.807) is 0 Å². The Bertz CT molecular complexity index is 555. The number of nitrogens with one attached hydrogen (secondary N) is 1. The van der Waals surface area contributed by atoms with Crippen LogP contribution in [0.2, 0.25) is 0 Å². The second-order valence-corrected chi connectivity index (χ2v) is 6.99. The molecule has 0 unspecified atom stereocenters. The number of hydrogen-bond donors (Lipinski definition) is 1. The van der Waals surface area contributed by atoms with Gasteiger partial charge in [0.05, 0.1) is 0 Å². The van der Waals surface area contributed by atoms with Crippen LogP contribution in [0.25, 0.3) is 0 Å². The number of rotatable bonds is 6. The van der Waals surface area contributed by atoms with E-state index in [0.29, 0.717) is 6.04 Å². The molecule has 22 heavy (non-hydrogen) atoms. The van der Waals surface area contributed by atoms with Gasteiger partial charge >= 0.3 is 0 Å². The van der Waals surface area contributed by atoms with E-state index in [2.05, 4.69) is 22.9 Å². The lowest BCUT2D eigenvalue weighted by atomic mass is 9.94. The van der Waals surface area contributed by atoms with Crippen LogP contribution in [-0.2, 0) is 19.4 Å². The number of aryl methyl sites for hydroxylation is 1. The summed E-state index contributed by atoms with van der Waals surface area (Å²) in [7, 11) is 0. The zero-order valence-electron chi connectivity index (χ0n) is 14.0. The first kappa shape index (κ1) is 15.8. The highest BCUT2D eigenvalue weighted by atomic mass is 16.1.